The molecule has 0 spiro atoms. The van der Waals surface area contributed by atoms with Crippen LogP contribution >= 0.6 is 23.2 Å². The second-order valence-electron chi connectivity index (χ2n) is 5.33. The van der Waals surface area contributed by atoms with Crippen molar-refractivity contribution < 1.29 is 9.21 Å². The molecule has 1 saturated heterocycles. The fourth-order valence-electron chi connectivity index (χ4n) is 2.57. The summed E-state index contributed by atoms with van der Waals surface area (Å²) in [7, 11) is 0. The predicted molar refractivity (Wildman–Crippen MR) is 86.4 cm³/mol. The van der Waals surface area contributed by atoms with Gasteiger partial charge in [0.2, 0.25) is 0 Å². The molecule has 2 heterocycles. The molecule has 116 valence electrons. The normalized spacial score (nSPS) is 16.0. The minimum atomic E-state index is 0.0305. The summed E-state index contributed by atoms with van der Waals surface area (Å²) in [5, 5.41) is 1.15. The van der Waals surface area contributed by atoms with E-state index in [-0.39, 0.29) is 5.91 Å². The summed E-state index contributed by atoms with van der Waals surface area (Å²) in [5.74, 6) is 0.0305. The van der Waals surface area contributed by atoms with Gasteiger partial charge in [-0.1, -0.05) is 29.3 Å². The summed E-state index contributed by atoms with van der Waals surface area (Å²) in [6.45, 7) is 3.91. The molecule has 0 radical (unpaired) electrons. The molecular formula is C16H16Cl2N2O2. The van der Waals surface area contributed by atoms with Crippen molar-refractivity contribution in [3.8, 4) is 0 Å². The van der Waals surface area contributed by atoms with Crippen LogP contribution < -0.4 is 0 Å². The van der Waals surface area contributed by atoms with Crippen molar-refractivity contribution >= 4 is 29.1 Å². The molecule has 0 bridgehead atoms. The Morgan fingerprint density at radius 3 is 2.50 bits per heavy atom. The van der Waals surface area contributed by atoms with E-state index in [0.717, 1.165) is 25.2 Å². The molecule has 1 aromatic carbocycles. The van der Waals surface area contributed by atoms with Crippen LogP contribution in [0.25, 0.3) is 0 Å². The Labute approximate surface area is 139 Å². The van der Waals surface area contributed by atoms with Gasteiger partial charge in [0.1, 0.15) is 6.26 Å². The van der Waals surface area contributed by atoms with Crippen molar-refractivity contribution in [2.45, 2.75) is 6.54 Å². The van der Waals surface area contributed by atoms with Crippen LogP contribution in [0, 0.1) is 0 Å². The highest BCUT2D eigenvalue weighted by Gasteiger charge is 2.22. The lowest BCUT2D eigenvalue weighted by atomic mass is 10.2. The van der Waals surface area contributed by atoms with Gasteiger partial charge in [0, 0.05) is 32.7 Å². The van der Waals surface area contributed by atoms with Gasteiger partial charge in [-0.2, -0.15) is 0 Å². The molecule has 0 N–H and O–H groups in total. The van der Waals surface area contributed by atoms with Crippen LogP contribution in [0.4, 0.5) is 0 Å². The molecule has 4 nitrogen and oxygen atoms in total. The standard InChI is InChI=1S/C16H16Cl2N2O2/c17-14-2-1-12(9-15(14)18)10-19-4-6-20(7-5-19)16(21)13-3-8-22-11-13/h1-3,8-9,11H,4-7,10H2. The maximum absolute atomic E-state index is 12.2. The number of piperazine rings is 1. The predicted octanol–water partition coefficient (Wildman–Crippen LogP) is 3.54. The second kappa shape index (κ2) is 6.73. The van der Waals surface area contributed by atoms with Gasteiger partial charge in [-0.25, -0.2) is 0 Å². The van der Waals surface area contributed by atoms with Crippen LogP contribution in [-0.2, 0) is 6.54 Å². The van der Waals surface area contributed by atoms with Gasteiger partial charge in [-0.3, -0.25) is 9.69 Å². The van der Waals surface area contributed by atoms with Crippen LogP contribution in [0.5, 0.6) is 0 Å². The van der Waals surface area contributed by atoms with Gasteiger partial charge in [-0.05, 0) is 23.8 Å². The number of rotatable bonds is 3. The number of carbonyl (C=O) groups is 1. The van der Waals surface area contributed by atoms with E-state index in [1.165, 1.54) is 12.5 Å². The molecule has 1 aliphatic rings. The Kier molecular flexibility index (Phi) is 4.71. The highest BCUT2D eigenvalue weighted by Crippen LogP contribution is 2.23. The third kappa shape index (κ3) is 3.46. The minimum Gasteiger partial charge on any atom is -0.472 e. The lowest BCUT2D eigenvalue weighted by molar-refractivity contribution is 0.0628. The summed E-state index contributed by atoms with van der Waals surface area (Å²) < 4.78 is 4.97. The zero-order valence-corrected chi connectivity index (χ0v) is 13.5. The van der Waals surface area contributed by atoms with Gasteiger partial charge in [0.15, 0.2) is 0 Å². The molecule has 2 aromatic rings. The highest BCUT2D eigenvalue weighted by molar-refractivity contribution is 6.42. The van der Waals surface area contributed by atoms with Gasteiger partial charge in [-0.15, -0.1) is 0 Å². The average Bonchev–Trinajstić information content (AvgIpc) is 3.05. The van der Waals surface area contributed by atoms with Crippen LogP contribution in [0.2, 0.25) is 10.0 Å². The second-order valence-corrected chi connectivity index (χ2v) is 6.14. The molecule has 1 amide bonds. The van der Waals surface area contributed by atoms with Gasteiger partial charge < -0.3 is 9.32 Å². The Morgan fingerprint density at radius 1 is 1.09 bits per heavy atom. The molecule has 0 unspecified atom stereocenters. The topological polar surface area (TPSA) is 36.7 Å². The monoisotopic (exact) mass is 338 g/mol. The van der Waals surface area contributed by atoms with Gasteiger partial charge in [0.25, 0.3) is 5.91 Å². The van der Waals surface area contributed by atoms with Crippen molar-refractivity contribution in [2.24, 2.45) is 0 Å². The Morgan fingerprint density at radius 2 is 1.86 bits per heavy atom. The fourth-order valence-corrected chi connectivity index (χ4v) is 2.89. The molecule has 1 aromatic heterocycles. The van der Waals surface area contributed by atoms with Crippen molar-refractivity contribution in [1.29, 1.82) is 0 Å². The van der Waals surface area contributed by atoms with E-state index in [1.54, 1.807) is 6.07 Å². The van der Waals surface area contributed by atoms with Crippen LogP contribution in [0.1, 0.15) is 15.9 Å². The van der Waals surface area contributed by atoms with Crippen LogP contribution in [0.3, 0.4) is 0 Å². The maximum Gasteiger partial charge on any atom is 0.257 e. The van der Waals surface area contributed by atoms with Crippen molar-refractivity contribution in [3.05, 3.63) is 58.0 Å². The van der Waals surface area contributed by atoms with Crippen molar-refractivity contribution in [3.63, 3.8) is 0 Å². The van der Waals surface area contributed by atoms with E-state index >= 15 is 0 Å². The molecule has 6 heteroatoms. The first-order valence-electron chi connectivity index (χ1n) is 7.11. The maximum atomic E-state index is 12.2. The number of nitrogens with zero attached hydrogens (tertiary/aromatic N) is 2. The van der Waals surface area contributed by atoms with E-state index in [2.05, 4.69) is 4.90 Å². The van der Waals surface area contributed by atoms with E-state index in [9.17, 15) is 4.79 Å². The summed E-state index contributed by atoms with van der Waals surface area (Å²) in [6, 6.07) is 7.40. The molecule has 22 heavy (non-hydrogen) atoms. The number of hydrogen-bond donors (Lipinski definition) is 0. The Hall–Kier alpha value is -1.49. The molecule has 0 saturated carbocycles. The molecule has 1 fully saturated rings. The summed E-state index contributed by atoms with van der Waals surface area (Å²) in [5.41, 5.74) is 1.74. The molecule has 1 aliphatic heterocycles. The largest absolute Gasteiger partial charge is 0.472 e. The molecule has 3 rings (SSSR count). The molecule has 0 atom stereocenters. The van der Waals surface area contributed by atoms with Crippen LogP contribution in [0.15, 0.2) is 41.2 Å². The van der Waals surface area contributed by atoms with Crippen molar-refractivity contribution in [2.75, 3.05) is 26.2 Å². The van der Waals surface area contributed by atoms with Gasteiger partial charge in [0.05, 0.1) is 21.9 Å². The van der Waals surface area contributed by atoms with E-state index in [4.69, 9.17) is 27.6 Å². The first kappa shape index (κ1) is 15.4. The number of amides is 1. The Bertz CT molecular complexity index is 650. The van der Waals surface area contributed by atoms with E-state index < -0.39 is 0 Å². The third-order valence-electron chi connectivity index (χ3n) is 3.82. The molecule has 0 aliphatic carbocycles. The fraction of sp³-hybridized carbons (Fsp3) is 0.312. The highest BCUT2D eigenvalue weighted by atomic mass is 35.5. The number of furan rings is 1. The average molecular weight is 339 g/mol. The van der Waals surface area contributed by atoms with E-state index in [0.29, 0.717) is 28.7 Å². The molecular weight excluding hydrogens is 323 g/mol. The van der Waals surface area contributed by atoms with Crippen molar-refractivity contribution in [1.82, 2.24) is 9.80 Å². The van der Waals surface area contributed by atoms with Crippen LogP contribution in [-0.4, -0.2) is 41.9 Å². The summed E-state index contributed by atoms with van der Waals surface area (Å²) >= 11 is 12.0. The number of benzene rings is 1. The number of carbonyl (C=O) groups excluding carboxylic acids is 1. The third-order valence-corrected chi connectivity index (χ3v) is 4.56. The number of halogens is 2. The SMILES string of the molecule is O=C(c1ccoc1)N1CCN(Cc2ccc(Cl)c(Cl)c2)CC1. The lowest BCUT2D eigenvalue weighted by Gasteiger charge is -2.34. The minimum absolute atomic E-state index is 0.0305. The zero-order valence-electron chi connectivity index (χ0n) is 12.0. The van der Waals surface area contributed by atoms with Gasteiger partial charge >= 0.3 is 0 Å². The smallest absolute Gasteiger partial charge is 0.257 e. The van der Waals surface area contributed by atoms with E-state index in [1.807, 2.05) is 23.1 Å². The Balaban J connectivity index is 1.55. The first-order chi connectivity index (χ1) is 10.6. The first-order valence-corrected chi connectivity index (χ1v) is 7.87. The summed E-state index contributed by atoms with van der Waals surface area (Å²) in [4.78, 5) is 16.4. The lowest BCUT2D eigenvalue weighted by Crippen LogP contribution is -2.48. The summed E-state index contributed by atoms with van der Waals surface area (Å²) in [6.07, 6.45) is 3.01. The quantitative estimate of drug-likeness (QED) is 0.858. The zero-order chi connectivity index (χ0) is 15.5. The number of hydrogen-bond acceptors (Lipinski definition) is 3.